The molecule has 222 valence electrons. The van der Waals surface area contributed by atoms with Crippen molar-refractivity contribution >= 4 is 17.3 Å². The van der Waals surface area contributed by atoms with E-state index in [2.05, 4.69) is 16.7 Å². The molecule has 0 fully saturated rings. The largest absolute Gasteiger partial charge is 0.487 e. The van der Waals surface area contributed by atoms with Gasteiger partial charge in [0.25, 0.3) is 6.43 Å². The van der Waals surface area contributed by atoms with Crippen LogP contribution >= 0.6 is 0 Å². The predicted molar refractivity (Wildman–Crippen MR) is 147 cm³/mol. The van der Waals surface area contributed by atoms with E-state index in [1.165, 1.54) is 6.07 Å². The van der Waals surface area contributed by atoms with Crippen LogP contribution in [0.25, 0.3) is 0 Å². The summed E-state index contributed by atoms with van der Waals surface area (Å²) in [5, 5.41) is 15.1. The number of carbonyl (C=O) groups is 1. The first-order valence-electron chi connectivity index (χ1n) is 13.1. The second kappa shape index (κ2) is 14.0. The Morgan fingerprint density at radius 3 is 2.48 bits per heavy atom. The van der Waals surface area contributed by atoms with E-state index in [4.69, 9.17) is 14.7 Å². The number of anilines is 2. The highest BCUT2D eigenvalue weighted by Crippen LogP contribution is 2.34. The molecule has 12 heteroatoms. The van der Waals surface area contributed by atoms with Crippen LogP contribution in [0.1, 0.15) is 34.8 Å². The summed E-state index contributed by atoms with van der Waals surface area (Å²) in [6.45, 7) is -3.17. The van der Waals surface area contributed by atoms with Gasteiger partial charge in [0.1, 0.15) is 31.9 Å². The number of nitriles is 1. The summed E-state index contributed by atoms with van der Waals surface area (Å²) >= 11 is 0. The molecule has 4 bridgehead atoms. The minimum atomic E-state index is -2.70. The number of benzene rings is 3. The van der Waals surface area contributed by atoms with Crippen LogP contribution < -0.4 is 20.1 Å². The minimum Gasteiger partial charge on any atom is -0.487 e. The van der Waals surface area contributed by atoms with Crippen LogP contribution in [0.2, 0.25) is 0 Å². The molecular formula is C30H29F5N4O3. The van der Waals surface area contributed by atoms with Gasteiger partial charge in [-0.3, -0.25) is 9.69 Å². The van der Waals surface area contributed by atoms with Gasteiger partial charge >= 0.3 is 0 Å². The predicted octanol–water partition coefficient (Wildman–Crippen LogP) is 6.16. The lowest BCUT2D eigenvalue weighted by atomic mass is 10.0. The summed E-state index contributed by atoms with van der Waals surface area (Å²) in [6.07, 6.45) is -4.76. The van der Waals surface area contributed by atoms with E-state index in [1.807, 2.05) is 0 Å². The molecule has 1 heterocycles. The maximum atomic E-state index is 15.3. The standard InChI is InChI=1S/C30H29F5N4O3/c1-39-16-21-11-23(12-25(33)29(21)42-24(13-31)14-32)37-28(40)9-5-19-10-20(4-8-26(19)41-17-27(34)35)30(39)38-22-6-2-18(15-36)3-7-22/h2-4,6-8,10-12,24,27,30,38H,5,9,13-14,16-17H2,1H3,(H,37,40). The van der Waals surface area contributed by atoms with Gasteiger partial charge < -0.3 is 20.1 Å². The van der Waals surface area contributed by atoms with E-state index in [0.29, 0.717) is 22.4 Å². The van der Waals surface area contributed by atoms with Crippen LogP contribution in [0.3, 0.4) is 0 Å². The number of alkyl halides is 4. The van der Waals surface area contributed by atoms with Crippen LogP contribution in [-0.2, 0) is 17.8 Å². The summed E-state index contributed by atoms with van der Waals surface area (Å²) in [7, 11) is 1.72. The number of hydrogen-bond acceptors (Lipinski definition) is 6. The molecule has 0 aromatic heterocycles. The first kappa shape index (κ1) is 30.6. The molecule has 7 nitrogen and oxygen atoms in total. The first-order chi connectivity index (χ1) is 20.2. The van der Waals surface area contributed by atoms with Crippen molar-refractivity contribution in [2.75, 3.05) is 37.6 Å². The van der Waals surface area contributed by atoms with Crippen LogP contribution in [0.5, 0.6) is 11.5 Å². The van der Waals surface area contributed by atoms with Gasteiger partial charge in [-0.05, 0) is 67.1 Å². The molecule has 3 aromatic rings. The maximum absolute atomic E-state index is 15.3. The zero-order valence-electron chi connectivity index (χ0n) is 22.7. The van der Waals surface area contributed by atoms with Crippen molar-refractivity contribution in [3.63, 3.8) is 0 Å². The van der Waals surface area contributed by atoms with Crippen LogP contribution in [0.4, 0.5) is 33.3 Å². The summed E-state index contributed by atoms with van der Waals surface area (Å²) in [6, 6.07) is 16.2. The van der Waals surface area contributed by atoms with Crippen LogP contribution in [0.15, 0.2) is 54.6 Å². The molecule has 0 saturated heterocycles. The highest BCUT2D eigenvalue weighted by atomic mass is 19.3. The number of nitrogens with zero attached hydrogens (tertiary/aromatic N) is 2. The van der Waals surface area contributed by atoms with E-state index in [9.17, 15) is 22.4 Å². The number of hydrogen-bond donors (Lipinski definition) is 2. The quantitative estimate of drug-likeness (QED) is 0.292. The number of aryl methyl sites for hydroxylation is 1. The Bertz CT molecular complexity index is 1430. The third-order valence-electron chi connectivity index (χ3n) is 6.60. The molecule has 1 atom stereocenters. The second-order valence-electron chi connectivity index (χ2n) is 9.76. The smallest absolute Gasteiger partial charge is 0.272 e. The van der Waals surface area contributed by atoms with Crippen LogP contribution in [0, 0.1) is 17.1 Å². The molecule has 2 N–H and O–H groups in total. The zero-order valence-corrected chi connectivity index (χ0v) is 22.7. The van der Waals surface area contributed by atoms with Crippen molar-refractivity contribution in [1.82, 2.24) is 4.90 Å². The molecular weight excluding hydrogens is 559 g/mol. The van der Waals surface area contributed by atoms with Crippen molar-refractivity contribution in [3.05, 3.63) is 82.7 Å². The average molecular weight is 589 g/mol. The molecule has 4 rings (SSSR count). The number of halogens is 5. The lowest BCUT2D eigenvalue weighted by Crippen LogP contribution is -2.31. The fourth-order valence-electron chi connectivity index (χ4n) is 4.58. The van der Waals surface area contributed by atoms with Crippen molar-refractivity contribution in [3.8, 4) is 17.6 Å². The Morgan fingerprint density at radius 1 is 1.07 bits per heavy atom. The third-order valence-corrected chi connectivity index (χ3v) is 6.60. The van der Waals surface area contributed by atoms with Gasteiger partial charge in [0.05, 0.1) is 11.6 Å². The average Bonchev–Trinajstić information content (AvgIpc) is 2.98. The number of ether oxygens (including phenoxy) is 2. The molecule has 0 aliphatic carbocycles. The Kier molecular flexibility index (Phi) is 10.2. The lowest BCUT2D eigenvalue weighted by molar-refractivity contribution is -0.116. The molecule has 1 amide bonds. The van der Waals surface area contributed by atoms with E-state index in [0.717, 1.165) is 6.07 Å². The fourth-order valence-corrected chi connectivity index (χ4v) is 4.58. The van der Waals surface area contributed by atoms with Crippen molar-refractivity contribution in [2.45, 2.75) is 38.1 Å². The summed E-state index contributed by atoms with van der Waals surface area (Å²) in [4.78, 5) is 14.6. The zero-order chi connectivity index (χ0) is 30.2. The van der Waals surface area contributed by atoms with E-state index < -0.39 is 50.4 Å². The molecule has 1 unspecified atom stereocenters. The summed E-state index contributed by atoms with van der Waals surface area (Å²) in [5.74, 6) is -1.52. The number of amides is 1. The number of fused-ring (bicyclic) bond motifs is 4. The molecule has 3 aromatic carbocycles. The van der Waals surface area contributed by atoms with Gasteiger partial charge in [0, 0.05) is 36.0 Å². The van der Waals surface area contributed by atoms with Gasteiger partial charge in [-0.2, -0.15) is 5.26 Å². The lowest BCUT2D eigenvalue weighted by Gasteiger charge is -2.31. The molecule has 0 spiro atoms. The van der Waals surface area contributed by atoms with Gasteiger partial charge in [-0.25, -0.2) is 22.0 Å². The van der Waals surface area contributed by atoms with E-state index in [1.54, 1.807) is 54.4 Å². The summed E-state index contributed by atoms with van der Waals surface area (Å²) < 4.78 is 78.4. The number of rotatable bonds is 9. The van der Waals surface area contributed by atoms with E-state index in [-0.39, 0.29) is 42.1 Å². The molecule has 1 aliphatic rings. The normalized spacial score (nSPS) is 15.7. The Morgan fingerprint density at radius 2 is 1.81 bits per heavy atom. The first-order valence-corrected chi connectivity index (χ1v) is 13.1. The third kappa shape index (κ3) is 7.67. The van der Waals surface area contributed by atoms with E-state index >= 15 is 4.39 Å². The SMILES string of the molecule is CN1Cc2cc(cc(F)c2OC(CF)CF)NC(=O)CCc2cc(ccc2OCC(F)F)C1Nc1ccc(C#N)cc1. The van der Waals surface area contributed by atoms with Crippen molar-refractivity contribution in [1.29, 1.82) is 5.26 Å². The van der Waals surface area contributed by atoms with Gasteiger partial charge in [0.15, 0.2) is 17.7 Å². The molecule has 0 saturated carbocycles. The Labute approximate surface area is 239 Å². The van der Waals surface area contributed by atoms with Crippen molar-refractivity contribution < 1.29 is 36.2 Å². The topological polar surface area (TPSA) is 86.6 Å². The minimum absolute atomic E-state index is 0.00579. The molecule has 42 heavy (non-hydrogen) atoms. The second-order valence-corrected chi connectivity index (χ2v) is 9.76. The Hall–Kier alpha value is -4.37. The van der Waals surface area contributed by atoms with Crippen LogP contribution in [-0.4, -0.2) is 50.3 Å². The highest BCUT2D eigenvalue weighted by molar-refractivity contribution is 5.91. The highest BCUT2D eigenvalue weighted by Gasteiger charge is 2.25. The van der Waals surface area contributed by atoms with Gasteiger partial charge in [0.2, 0.25) is 5.91 Å². The molecule has 0 radical (unpaired) electrons. The van der Waals surface area contributed by atoms with Gasteiger partial charge in [-0.1, -0.05) is 6.07 Å². The monoisotopic (exact) mass is 588 g/mol. The molecule has 1 aliphatic heterocycles. The fraction of sp³-hybridized carbons (Fsp3) is 0.333. The number of nitrogens with one attached hydrogen (secondary N) is 2. The maximum Gasteiger partial charge on any atom is 0.272 e. The van der Waals surface area contributed by atoms with Gasteiger partial charge in [-0.15, -0.1) is 0 Å². The van der Waals surface area contributed by atoms with Crippen molar-refractivity contribution in [2.24, 2.45) is 0 Å². The Balaban J connectivity index is 1.80. The summed E-state index contributed by atoms with van der Waals surface area (Å²) in [5.41, 5.74) is 2.60. The number of carbonyl (C=O) groups excluding carboxylic acids is 1.